The molecule has 1 aliphatic heterocycles. The third-order valence-electron chi connectivity index (χ3n) is 4.04. The highest BCUT2D eigenvalue weighted by atomic mass is 32.1. The van der Waals surface area contributed by atoms with E-state index in [1.165, 1.54) is 0 Å². The summed E-state index contributed by atoms with van der Waals surface area (Å²) >= 11 is 1.59. The van der Waals surface area contributed by atoms with Crippen LogP contribution < -0.4 is 5.32 Å². The van der Waals surface area contributed by atoms with Gasteiger partial charge in [0.15, 0.2) is 0 Å². The van der Waals surface area contributed by atoms with Gasteiger partial charge in [-0.3, -0.25) is 9.69 Å². The molecule has 0 bridgehead atoms. The topological polar surface area (TPSA) is 45.2 Å². The van der Waals surface area contributed by atoms with E-state index in [0.29, 0.717) is 6.54 Å². The zero-order valence-corrected chi connectivity index (χ0v) is 13.8. The molecule has 0 radical (unpaired) electrons. The van der Waals surface area contributed by atoms with E-state index in [4.69, 9.17) is 0 Å². The van der Waals surface area contributed by atoms with Crippen molar-refractivity contribution in [1.29, 1.82) is 0 Å². The third-order valence-corrected chi connectivity index (χ3v) is 5.18. The van der Waals surface area contributed by atoms with Crippen molar-refractivity contribution in [3.63, 3.8) is 0 Å². The van der Waals surface area contributed by atoms with Crippen molar-refractivity contribution in [2.75, 3.05) is 19.6 Å². The second-order valence-corrected chi connectivity index (χ2v) is 6.96. The summed E-state index contributed by atoms with van der Waals surface area (Å²) in [6.45, 7) is -0.623. The minimum absolute atomic E-state index is 0.00668. The number of hydrogen-bond acceptors (Lipinski definition) is 4. The second kappa shape index (κ2) is 7.06. The zero-order valence-electron chi connectivity index (χ0n) is 13.0. The molecule has 1 fully saturated rings. The average Bonchev–Trinajstić information content (AvgIpc) is 2.96. The fraction of sp³-hybridized carbons (Fsp3) is 0.500. The van der Waals surface area contributed by atoms with Crippen molar-refractivity contribution in [2.45, 2.75) is 31.5 Å². The van der Waals surface area contributed by atoms with Gasteiger partial charge in [-0.1, -0.05) is 18.6 Å². The number of fused-ring (bicyclic) bond motifs is 1. The lowest BCUT2D eigenvalue weighted by atomic mass is 10.0. The highest BCUT2D eigenvalue weighted by Crippen LogP contribution is 2.35. The van der Waals surface area contributed by atoms with Gasteiger partial charge in [0.05, 0.1) is 22.8 Å². The second-order valence-electron chi connectivity index (χ2n) is 5.89. The van der Waals surface area contributed by atoms with Gasteiger partial charge in [0.2, 0.25) is 5.91 Å². The molecule has 0 unspecified atom stereocenters. The van der Waals surface area contributed by atoms with Gasteiger partial charge in [-0.15, -0.1) is 11.3 Å². The van der Waals surface area contributed by atoms with Gasteiger partial charge in [-0.25, -0.2) is 4.98 Å². The van der Waals surface area contributed by atoms with Gasteiger partial charge in [0.25, 0.3) is 0 Å². The number of para-hydroxylation sites is 1. The monoisotopic (exact) mass is 357 g/mol. The third kappa shape index (κ3) is 4.24. The normalized spacial score (nSPS) is 19.5. The Morgan fingerprint density at radius 1 is 1.33 bits per heavy atom. The van der Waals surface area contributed by atoms with Crippen LogP contribution in [0.1, 0.15) is 30.3 Å². The molecule has 0 saturated carbocycles. The number of amides is 1. The van der Waals surface area contributed by atoms with Crippen LogP contribution in [0.15, 0.2) is 24.3 Å². The fourth-order valence-corrected chi connectivity index (χ4v) is 4.07. The van der Waals surface area contributed by atoms with E-state index in [1.807, 2.05) is 34.5 Å². The van der Waals surface area contributed by atoms with Crippen LogP contribution >= 0.6 is 11.3 Å². The molecule has 1 aromatic carbocycles. The first-order chi connectivity index (χ1) is 11.4. The molecule has 2 heterocycles. The van der Waals surface area contributed by atoms with Crippen LogP contribution in [0.4, 0.5) is 13.2 Å². The Morgan fingerprint density at radius 3 is 2.88 bits per heavy atom. The maximum atomic E-state index is 12.2. The summed E-state index contributed by atoms with van der Waals surface area (Å²) in [5, 5.41) is 2.88. The Balaban J connectivity index is 1.70. The summed E-state index contributed by atoms with van der Waals surface area (Å²) in [5.41, 5.74) is 0.921. The number of piperidine rings is 1. The molecule has 3 rings (SSSR count). The lowest BCUT2D eigenvalue weighted by Gasteiger charge is -2.33. The predicted octanol–water partition coefficient (Wildman–Crippen LogP) is 3.50. The zero-order chi connectivity index (χ0) is 17.2. The number of benzene rings is 1. The molecule has 0 aliphatic carbocycles. The minimum atomic E-state index is -4.38. The minimum Gasteiger partial charge on any atom is -0.346 e. The lowest BCUT2D eigenvalue weighted by Crippen LogP contribution is -2.43. The molecule has 0 spiro atoms. The van der Waals surface area contributed by atoms with Gasteiger partial charge >= 0.3 is 6.18 Å². The van der Waals surface area contributed by atoms with Crippen LogP contribution in [0.5, 0.6) is 0 Å². The fourth-order valence-electron chi connectivity index (χ4n) is 2.93. The highest BCUT2D eigenvalue weighted by molar-refractivity contribution is 7.18. The number of rotatable bonds is 4. The molecule has 2 aromatic rings. The molecule has 4 nitrogen and oxygen atoms in total. The van der Waals surface area contributed by atoms with Gasteiger partial charge in [0.1, 0.15) is 11.6 Å². The number of halogens is 3. The Morgan fingerprint density at radius 2 is 2.12 bits per heavy atom. The Bertz CT molecular complexity index is 683. The molecule has 1 saturated heterocycles. The average molecular weight is 357 g/mol. The smallest absolute Gasteiger partial charge is 0.346 e. The van der Waals surface area contributed by atoms with Crippen molar-refractivity contribution >= 4 is 27.5 Å². The molecule has 1 N–H and O–H groups in total. The molecular weight excluding hydrogens is 339 g/mol. The summed E-state index contributed by atoms with van der Waals surface area (Å²) in [5.74, 6) is -0.597. The molecular formula is C16H18F3N3OS. The molecule has 24 heavy (non-hydrogen) atoms. The summed E-state index contributed by atoms with van der Waals surface area (Å²) in [6, 6.07) is 7.81. The van der Waals surface area contributed by atoms with E-state index in [0.717, 1.165) is 34.5 Å². The maximum Gasteiger partial charge on any atom is 0.405 e. The van der Waals surface area contributed by atoms with Crippen molar-refractivity contribution in [3.8, 4) is 0 Å². The summed E-state index contributed by atoms with van der Waals surface area (Å²) < 4.78 is 37.7. The highest BCUT2D eigenvalue weighted by Gasteiger charge is 2.31. The molecule has 8 heteroatoms. The van der Waals surface area contributed by atoms with Gasteiger partial charge < -0.3 is 5.32 Å². The molecule has 1 aliphatic rings. The van der Waals surface area contributed by atoms with Crippen LogP contribution in [0.3, 0.4) is 0 Å². The first-order valence-corrected chi connectivity index (χ1v) is 8.67. The quantitative estimate of drug-likeness (QED) is 0.911. The van der Waals surface area contributed by atoms with Crippen molar-refractivity contribution in [3.05, 3.63) is 29.3 Å². The maximum absolute atomic E-state index is 12.2. The molecule has 1 amide bonds. The number of nitrogens with zero attached hydrogens (tertiary/aromatic N) is 2. The lowest BCUT2D eigenvalue weighted by molar-refractivity contribution is -0.139. The first-order valence-electron chi connectivity index (χ1n) is 7.85. The van der Waals surface area contributed by atoms with E-state index in [-0.39, 0.29) is 12.6 Å². The number of nitrogens with one attached hydrogen (secondary N) is 1. The van der Waals surface area contributed by atoms with Crippen LogP contribution in [0.2, 0.25) is 0 Å². The SMILES string of the molecule is O=C(CN1CCCC[C@@H]1c1nc2ccccc2s1)NCC(F)(F)F. The first kappa shape index (κ1) is 17.2. The van der Waals surface area contributed by atoms with Gasteiger partial charge in [0, 0.05) is 0 Å². The van der Waals surface area contributed by atoms with Crippen LogP contribution in [-0.2, 0) is 4.79 Å². The number of carbonyl (C=O) groups excluding carboxylic acids is 1. The molecule has 1 atom stereocenters. The van der Waals surface area contributed by atoms with Crippen molar-refractivity contribution < 1.29 is 18.0 Å². The van der Waals surface area contributed by atoms with Crippen LogP contribution in [-0.4, -0.2) is 41.6 Å². The van der Waals surface area contributed by atoms with Crippen molar-refractivity contribution in [2.24, 2.45) is 0 Å². The van der Waals surface area contributed by atoms with Crippen LogP contribution in [0.25, 0.3) is 10.2 Å². The van der Waals surface area contributed by atoms with Gasteiger partial charge in [-0.2, -0.15) is 13.2 Å². The standard InChI is InChI=1S/C16H18F3N3OS/c17-16(18,19)10-20-14(23)9-22-8-4-3-6-12(22)15-21-11-5-1-2-7-13(11)24-15/h1-2,5,7,12H,3-4,6,8-10H2,(H,20,23)/t12-/m1/s1. The number of hydrogen-bond donors (Lipinski definition) is 1. The van der Waals surface area contributed by atoms with E-state index < -0.39 is 18.6 Å². The molecule has 1 aromatic heterocycles. The van der Waals surface area contributed by atoms with E-state index >= 15 is 0 Å². The number of carbonyl (C=O) groups is 1. The van der Waals surface area contributed by atoms with E-state index in [1.54, 1.807) is 11.3 Å². The number of likely N-dealkylation sites (tertiary alicyclic amines) is 1. The summed E-state index contributed by atoms with van der Waals surface area (Å²) in [7, 11) is 0. The molecule has 130 valence electrons. The Hall–Kier alpha value is -1.67. The number of alkyl halides is 3. The van der Waals surface area contributed by atoms with E-state index in [2.05, 4.69) is 4.98 Å². The number of aromatic nitrogens is 1. The Labute approximate surface area is 141 Å². The van der Waals surface area contributed by atoms with Gasteiger partial charge in [-0.05, 0) is 31.5 Å². The van der Waals surface area contributed by atoms with E-state index in [9.17, 15) is 18.0 Å². The largest absolute Gasteiger partial charge is 0.405 e. The van der Waals surface area contributed by atoms with Crippen molar-refractivity contribution in [1.82, 2.24) is 15.2 Å². The summed E-state index contributed by atoms with van der Waals surface area (Å²) in [4.78, 5) is 18.4. The number of thiazole rings is 1. The van der Waals surface area contributed by atoms with Crippen LogP contribution in [0, 0.1) is 0 Å². The summed E-state index contributed by atoms with van der Waals surface area (Å²) in [6.07, 6.45) is -1.55. The Kier molecular flexibility index (Phi) is 5.05. The predicted molar refractivity (Wildman–Crippen MR) is 86.8 cm³/mol.